The largest absolute Gasteiger partial charge is 0.497 e. The summed E-state index contributed by atoms with van der Waals surface area (Å²) in [5.41, 5.74) is 0.103. The van der Waals surface area contributed by atoms with E-state index in [1.54, 1.807) is 0 Å². The highest BCUT2D eigenvalue weighted by Gasteiger charge is 2.44. The molecule has 6 heteroatoms. The monoisotopic (exact) mass is 262 g/mol. The molecule has 0 fully saturated rings. The van der Waals surface area contributed by atoms with E-state index in [9.17, 15) is 18.0 Å². The quantitative estimate of drug-likeness (QED) is 0.848. The first-order valence-electron chi connectivity index (χ1n) is 5.20. The number of rotatable bonds is 4. The number of ether oxygens (including phenoxy) is 1. The van der Waals surface area contributed by atoms with Crippen LogP contribution in [0.3, 0.4) is 0 Å². The summed E-state index contributed by atoms with van der Waals surface area (Å²) < 4.78 is 41.7. The van der Waals surface area contributed by atoms with Gasteiger partial charge in [-0.2, -0.15) is 13.2 Å². The number of benzene rings is 1. The number of carbonyl (C=O) groups is 1. The molecule has 0 aliphatic rings. The van der Waals surface area contributed by atoms with Gasteiger partial charge in [-0.15, -0.1) is 0 Å². The highest BCUT2D eigenvalue weighted by atomic mass is 19.4. The smallest absolute Gasteiger partial charge is 0.415 e. The van der Waals surface area contributed by atoms with Gasteiger partial charge < -0.3 is 9.84 Å². The maximum absolute atomic E-state index is 12.3. The van der Waals surface area contributed by atoms with Crippen LogP contribution in [0.1, 0.15) is 17.3 Å². The van der Waals surface area contributed by atoms with Crippen LogP contribution >= 0.6 is 0 Å². The van der Waals surface area contributed by atoms with Crippen molar-refractivity contribution in [3.05, 3.63) is 29.8 Å². The van der Waals surface area contributed by atoms with Crippen molar-refractivity contribution in [1.82, 2.24) is 0 Å². The molecule has 2 atom stereocenters. The van der Waals surface area contributed by atoms with Crippen molar-refractivity contribution in [2.45, 2.75) is 19.2 Å². The maximum atomic E-state index is 12.3. The van der Waals surface area contributed by atoms with Gasteiger partial charge in [-0.3, -0.25) is 4.79 Å². The fourth-order valence-electron chi connectivity index (χ4n) is 1.45. The Morgan fingerprint density at radius 3 is 2.17 bits per heavy atom. The second kappa shape index (κ2) is 5.39. The molecule has 18 heavy (non-hydrogen) atoms. The van der Waals surface area contributed by atoms with Crippen molar-refractivity contribution in [1.29, 1.82) is 0 Å². The molecule has 0 amide bonds. The minimum atomic E-state index is -4.80. The summed E-state index contributed by atoms with van der Waals surface area (Å²) in [6, 6.07) is 5.67. The van der Waals surface area contributed by atoms with Gasteiger partial charge in [-0.05, 0) is 24.3 Å². The second-order valence-corrected chi connectivity index (χ2v) is 3.87. The Morgan fingerprint density at radius 2 is 1.78 bits per heavy atom. The molecular formula is C12H13F3O3. The number of halogens is 3. The maximum Gasteiger partial charge on any atom is 0.415 e. The van der Waals surface area contributed by atoms with E-state index in [-0.39, 0.29) is 5.56 Å². The molecule has 1 aromatic rings. The van der Waals surface area contributed by atoms with Gasteiger partial charge in [0.25, 0.3) is 0 Å². The normalized spacial score (nSPS) is 15.0. The SMILES string of the molecule is COc1ccc(C(=O)[C@@H](C)[C@@H](O)C(F)(F)F)cc1. The molecule has 0 heterocycles. The lowest BCUT2D eigenvalue weighted by Gasteiger charge is -2.20. The summed E-state index contributed by atoms with van der Waals surface area (Å²) in [4.78, 5) is 11.7. The Labute approximate surface area is 102 Å². The van der Waals surface area contributed by atoms with Gasteiger partial charge in [0.05, 0.1) is 13.0 Å². The Bertz CT molecular complexity index is 412. The minimum absolute atomic E-state index is 0.103. The molecule has 0 spiro atoms. The Morgan fingerprint density at radius 1 is 1.28 bits per heavy atom. The first-order valence-corrected chi connectivity index (χ1v) is 5.20. The van der Waals surface area contributed by atoms with Crippen LogP contribution in [-0.4, -0.2) is 30.3 Å². The lowest BCUT2D eigenvalue weighted by atomic mass is 9.94. The predicted octanol–water partition coefficient (Wildman–Crippen LogP) is 2.44. The third kappa shape index (κ3) is 3.22. The molecule has 1 N–H and O–H groups in total. The van der Waals surface area contributed by atoms with Gasteiger partial charge in [0.2, 0.25) is 0 Å². The van der Waals surface area contributed by atoms with Crippen LogP contribution in [0, 0.1) is 5.92 Å². The van der Waals surface area contributed by atoms with Gasteiger partial charge in [-0.1, -0.05) is 6.92 Å². The molecule has 0 saturated heterocycles. The molecule has 0 aliphatic carbocycles. The predicted molar refractivity (Wildman–Crippen MR) is 58.6 cm³/mol. The third-order valence-electron chi connectivity index (χ3n) is 2.60. The number of ketones is 1. The zero-order chi connectivity index (χ0) is 13.9. The van der Waals surface area contributed by atoms with E-state index in [4.69, 9.17) is 9.84 Å². The molecule has 0 saturated carbocycles. The molecule has 0 radical (unpaired) electrons. The van der Waals surface area contributed by atoms with Crippen LogP contribution in [0.2, 0.25) is 0 Å². The molecule has 0 aromatic heterocycles. The van der Waals surface area contributed by atoms with E-state index in [2.05, 4.69) is 0 Å². The van der Waals surface area contributed by atoms with Gasteiger partial charge >= 0.3 is 6.18 Å². The van der Waals surface area contributed by atoms with E-state index in [0.717, 1.165) is 6.92 Å². The van der Waals surface area contributed by atoms with Crippen molar-refractivity contribution in [3.8, 4) is 5.75 Å². The summed E-state index contributed by atoms with van der Waals surface area (Å²) in [6.07, 6.45) is -7.46. The van der Waals surface area contributed by atoms with Gasteiger partial charge in [0, 0.05) is 5.56 Å². The number of aliphatic hydroxyl groups is 1. The van der Waals surface area contributed by atoms with E-state index >= 15 is 0 Å². The topological polar surface area (TPSA) is 46.5 Å². The molecule has 100 valence electrons. The Hall–Kier alpha value is -1.56. The van der Waals surface area contributed by atoms with Gasteiger partial charge in [0.1, 0.15) is 5.75 Å². The average molecular weight is 262 g/mol. The second-order valence-electron chi connectivity index (χ2n) is 3.87. The zero-order valence-corrected chi connectivity index (χ0v) is 9.86. The highest BCUT2D eigenvalue weighted by Crippen LogP contribution is 2.27. The lowest BCUT2D eigenvalue weighted by molar-refractivity contribution is -0.212. The van der Waals surface area contributed by atoms with Crippen LogP contribution in [-0.2, 0) is 0 Å². The third-order valence-corrected chi connectivity index (χ3v) is 2.60. The number of Topliss-reactive ketones (excluding diaryl/α,β-unsaturated/α-hetero) is 1. The molecule has 1 rings (SSSR count). The van der Waals surface area contributed by atoms with Crippen LogP contribution in [0.5, 0.6) is 5.75 Å². The minimum Gasteiger partial charge on any atom is -0.497 e. The Kier molecular flexibility index (Phi) is 4.34. The van der Waals surface area contributed by atoms with Crippen molar-refractivity contribution in [2.24, 2.45) is 5.92 Å². The number of carbonyl (C=O) groups excluding carboxylic acids is 1. The standard InChI is InChI=1S/C12H13F3O3/c1-7(11(17)12(13,14)15)10(16)8-3-5-9(18-2)6-4-8/h3-7,11,17H,1-2H3/t7-,11-/m1/s1. The molecule has 0 bridgehead atoms. The van der Waals surface area contributed by atoms with Gasteiger partial charge in [-0.25, -0.2) is 0 Å². The van der Waals surface area contributed by atoms with Crippen LogP contribution < -0.4 is 4.74 Å². The molecule has 1 aromatic carbocycles. The molecular weight excluding hydrogens is 249 g/mol. The van der Waals surface area contributed by atoms with E-state index in [0.29, 0.717) is 5.75 Å². The van der Waals surface area contributed by atoms with Crippen molar-refractivity contribution in [2.75, 3.05) is 7.11 Å². The number of aliphatic hydroxyl groups excluding tert-OH is 1. The average Bonchev–Trinajstić information content (AvgIpc) is 2.35. The number of hydrogen-bond donors (Lipinski definition) is 1. The molecule has 3 nitrogen and oxygen atoms in total. The van der Waals surface area contributed by atoms with Crippen LogP contribution in [0.15, 0.2) is 24.3 Å². The first kappa shape index (κ1) is 14.5. The van der Waals surface area contributed by atoms with E-state index in [1.807, 2.05) is 0 Å². The fraction of sp³-hybridized carbons (Fsp3) is 0.417. The molecule has 0 aliphatic heterocycles. The highest BCUT2D eigenvalue weighted by molar-refractivity contribution is 5.98. The first-order chi connectivity index (χ1) is 8.27. The number of hydrogen-bond acceptors (Lipinski definition) is 3. The van der Waals surface area contributed by atoms with Crippen molar-refractivity contribution in [3.63, 3.8) is 0 Å². The summed E-state index contributed by atoms with van der Waals surface area (Å²) in [7, 11) is 1.44. The molecule has 0 unspecified atom stereocenters. The van der Waals surface area contributed by atoms with Crippen LogP contribution in [0.25, 0.3) is 0 Å². The fourth-order valence-corrected chi connectivity index (χ4v) is 1.45. The number of methoxy groups -OCH3 is 1. The van der Waals surface area contributed by atoms with E-state index in [1.165, 1.54) is 31.4 Å². The lowest BCUT2D eigenvalue weighted by Crippen LogP contribution is -2.38. The van der Waals surface area contributed by atoms with E-state index < -0.39 is 24.0 Å². The van der Waals surface area contributed by atoms with Crippen molar-refractivity contribution >= 4 is 5.78 Å². The van der Waals surface area contributed by atoms with Gasteiger partial charge in [0.15, 0.2) is 11.9 Å². The summed E-state index contributed by atoms with van der Waals surface area (Å²) in [5, 5.41) is 9.02. The summed E-state index contributed by atoms with van der Waals surface area (Å²) in [6.45, 7) is 1.05. The van der Waals surface area contributed by atoms with Crippen molar-refractivity contribution < 1.29 is 27.8 Å². The number of alkyl halides is 3. The Balaban J connectivity index is 2.86. The summed E-state index contributed by atoms with van der Waals surface area (Å²) >= 11 is 0. The summed E-state index contributed by atoms with van der Waals surface area (Å²) in [5.74, 6) is -1.81. The zero-order valence-electron chi connectivity index (χ0n) is 9.86. The van der Waals surface area contributed by atoms with Crippen LogP contribution in [0.4, 0.5) is 13.2 Å².